The first-order valence-corrected chi connectivity index (χ1v) is 7.69. The van der Waals surface area contributed by atoms with E-state index >= 15 is 0 Å². The number of hydrogen-bond donors (Lipinski definition) is 1. The summed E-state index contributed by atoms with van der Waals surface area (Å²) in [6.45, 7) is 0. The second kappa shape index (κ2) is 7.63. The first-order valence-electron chi connectivity index (χ1n) is 6.43. The van der Waals surface area contributed by atoms with Crippen molar-refractivity contribution >= 4 is 33.8 Å². The number of methoxy groups -OCH3 is 1. The molecule has 0 bridgehead atoms. The van der Waals surface area contributed by atoms with E-state index < -0.39 is 0 Å². The van der Waals surface area contributed by atoms with Gasteiger partial charge >= 0.3 is 5.13 Å². The normalized spacial score (nSPS) is 9.91. The fourth-order valence-electron chi connectivity index (χ4n) is 1.96. The van der Waals surface area contributed by atoms with Crippen molar-refractivity contribution in [3.8, 4) is 17.0 Å². The summed E-state index contributed by atoms with van der Waals surface area (Å²) in [6, 6.07) is 15.6. The number of halogens is 2. The number of rotatable bonds is 4. The number of ether oxygens (including phenoxy) is 1. The minimum atomic E-state index is 0. The Morgan fingerprint density at radius 3 is 2.50 bits per heavy atom. The summed E-state index contributed by atoms with van der Waals surface area (Å²) in [5, 5.41) is 7.00. The summed E-state index contributed by atoms with van der Waals surface area (Å²) in [4.78, 5) is 3.35. The van der Waals surface area contributed by atoms with Gasteiger partial charge in [0.15, 0.2) is 0 Å². The lowest BCUT2D eigenvalue weighted by atomic mass is 10.2. The van der Waals surface area contributed by atoms with Crippen LogP contribution in [0.15, 0.2) is 53.9 Å². The monoisotopic (exact) mass is 396 g/mol. The molecule has 0 aliphatic carbocycles. The van der Waals surface area contributed by atoms with E-state index in [-0.39, 0.29) is 17.0 Å². The van der Waals surface area contributed by atoms with Crippen molar-refractivity contribution in [1.29, 1.82) is 0 Å². The zero-order chi connectivity index (χ0) is 14.7. The van der Waals surface area contributed by atoms with Gasteiger partial charge in [-0.2, -0.15) is 0 Å². The molecule has 0 saturated carbocycles. The molecule has 6 heteroatoms. The van der Waals surface area contributed by atoms with Crippen molar-refractivity contribution in [1.82, 2.24) is 0 Å². The summed E-state index contributed by atoms with van der Waals surface area (Å²) < 4.78 is 5.17. The number of para-hydroxylation sites is 1. The molecule has 3 rings (SSSR count). The highest BCUT2D eigenvalue weighted by atomic mass is 79.9. The maximum atomic E-state index is 6.15. The predicted octanol–water partition coefficient (Wildman–Crippen LogP) is 1.64. The van der Waals surface area contributed by atoms with Crippen LogP contribution in [0.3, 0.4) is 0 Å². The van der Waals surface area contributed by atoms with Gasteiger partial charge in [-0.1, -0.05) is 35.1 Å². The van der Waals surface area contributed by atoms with Gasteiger partial charge in [0, 0.05) is 10.9 Å². The van der Waals surface area contributed by atoms with Crippen LogP contribution in [0.25, 0.3) is 11.3 Å². The molecule has 3 aromatic rings. The Morgan fingerprint density at radius 1 is 1.09 bits per heavy atom. The predicted molar refractivity (Wildman–Crippen MR) is 87.6 cm³/mol. The number of H-pyrrole nitrogens is 1. The largest absolute Gasteiger partial charge is 1.00 e. The zero-order valence-corrected chi connectivity index (χ0v) is 14.9. The first-order chi connectivity index (χ1) is 10.3. The SMILES string of the molecule is COc1ccc(-c2csc(Nc3ccccc3Cl)[nH+]2)cc1.[Br-]. The van der Waals surface area contributed by atoms with Crippen molar-refractivity contribution in [3.63, 3.8) is 0 Å². The molecule has 2 N–H and O–H groups in total. The van der Waals surface area contributed by atoms with Gasteiger partial charge in [-0.15, -0.1) is 0 Å². The second-order valence-corrected chi connectivity index (χ2v) is 5.72. The number of aromatic nitrogens is 1. The molecule has 0 aliphatic heterocycles. The van der Waals surface area contributed by atoms with Crippen molar-refractivity contribution in [2.24, 2.45) is 0 Å². The molecular formula is C16H14BrClN2OS. The summed E-state index contributed by atoms with van der Waals surface area (Å²) in [6.07, 6.45) is 0. The lowest BCUT2D eigenvalue weighted by Crippen LogP contribution is -3.00. The Hall–Kier alpha value is -1.56. The fourth-order valence-corrected chi connectivity index (χ4v) is 2.91. The van der Waals surface area contributed by atoms with E-state index in [9.17, 15) is 0 Å². The summed E-state index contributed by atoms with van der Waals surface area (Å²) >= 11 is 7.75. The first kappa shape index (κ1) is 16.8. The topological polar surface area (TPSA) is 35.4 Å². The maximum Gasteiger partial charge on any atom is 0.337 e. The van der Waals surface area contributed by atoms with Crippen LogP contribution >= 0.6 is 22.9 Å². The van der Waals surface area contributed by atoms with Crippen LogP contribution in [0.4, 0.5) is 10.8 Å². The number of anilines is 2. The highest BCUT2D eigenvalue weighted by Gasteiger charge is 2.12. The van der Waals surface area contributed by atoms with Crippen LogP contribution in [0.2, 0.25) is 5.02 Å². The average Bonchev–Trinajstić information content (AvgIpc) is 2.98. The summed E-state index contributed by atoms with van der Waals surface area (Å²) in [7, 11) is 1.66. The lowest BCUT2D eigenvalue weighted by molar-refractivity contribution is -0.340. The van der Waals surface area contributed by atoms with E-state index in [1.165, 1.54) is 0 Å². The third-order valence-corrected chi connectivity index (χ3v) is 4.19. The van der Waals surface area contributed by atoms with E-state index in [0.717, 1.165) is 27.8 Å². The van der Waals surface area contributed by atoms with Crippen LogP contribution in [0.5, 0.6) is 5.75 Å². The molecule has 0 atom stereocenters. The number of nitrogens with one attached hydrogen (secondary N) is 2. The van der Waals surface area contributed by atoms with E-state index in [1.54, 1.807) is 18.4 Å². The van der Waals surface area contributed by atoms with Crippen molar-refractivity contribution in [3.05, 3.63) is 58.9 Å². The third kappa shape index (κ3) is 3.80. The van der Waals surface area contributed by atoms with Gasteiger partial charge < -0.3 is 21.7 Å². The molecule has 0 radical (unpaired) electrons. The van der Waals surface area contributed by atoms with Crippen LogP contribution in [0, 0.1) is 0 Å². The van der Waals surface area contributed by atoms with Gasteiger partial charge in [-0.25, -0.2) is 10.3 Å². The van der Waals surface area contributed by atoms with Crippen molar-refractivity contribution in [2.45, 2.75) is 0 Å². The van der Waals surface area contributed by atoms with E-state index in [4.69, 9.17) is 16.3 Å². The van der Waals surface area contributed by atoms with Gasteiger partial charge in [-0.3, -0.25) is 0 Å². The fraction of sp³-hybridized carbons (Fsp3) is 0.0625. The zero-order valence-electron chi connectivity index (χ0n) is 11.8. The van der Waals surface area contributed by atoms with Crippen LogP contribution in [-0.2, 0) is 0 Å². The highest BCUT2D eigenvalue weighted by Crippen LogP contribution is 2.27. The Labute approximate surface area is 148 Å². The molecular weight excluding hydrogens is 384 g/mol. The van der Waals surface area contributed by atoms with E-state index in [0.29, 0.717) is 5.02 Å². The standard InChI is InChI=1S/C16H13ClN2OS.BrH/c1-20-12-8-6-11(7-9-12)15-10-21-16(19-15)18-14-5-3-2-4-13(14)17;/h2-10H,1H3,(H,18,19);1H. The lowest BCUT2D eigenvalue weighted by Gasteiger charge is -1.99. The number of hydrogen-bond acceptors (Lipinski definition) is 3. The molecule has 1 heterocycles. The van der Waals surface area contributed by atoms with Gasteiger partial charge in [0.05, 0.1) is 12.1 Å². The maximum absolute atomic E-state index is 6.15. The number of aromatic amines is 1. The van der Waals surface area contributed by atoms with Gasteiger partial charge in [0.1, 0.15) is 17.1 Å². The minimum absolute atomic E-state index is 0. The summed E-state index contributed by atoms with van der Waals surface area (Å²) in [5.41, 5.74) is 3.05. The molecule has 2 aromatic carbocycles. The third-order valence-electron chi connectivity index (χ3n) is 3.07. The molecule has 0 fully saturated rings. The average molecular weight is 398 g/mol. The molecule has 0 saturated heterocycles. The van der Waals surface area contributed by atoms with Crippen molar-refractivity contribution in [2.75, 3.05) is 12.4 Å². The molecule has 114 valence electrons. The van der Waals surface area contributed by atoms with Crippen molar-refractivity contribution < 1.29 is 26.7 Å². The Balaban J connectivity index is 0.00000176. The Morgan fingerprint density at radius 2 is 1.82 bits per heavy atom. The van der Waals surface area contributed by atoms with Gasteiger partial charge in [0.2, 0.25) is 0 Å². The van der Waals surface area contributed by atoms with Crippen LogP contribution in [-0.4, -0.2) is 7.11 Å². The van der Waals surface area contributed by atoms with Gasteiger partial charge in [-0.05, 0) is 36.4 Å². The molecule has 1 aromatic heterocycles. The Kier molecular flexibility index (Phi) is 5.83. The quantitative estimate of drug-likeness (QED) is 0.726. The van der Waals surface area contributed by atoms with Crippen LogP contribution < -0.4 is 32.0 Å². The van der Waals surface area contributed by atoms with Gasteiger partial charge in [0.25, 0.3) is 0 Å². The minimum Gasteiger partial charge on any atom is -1.00 e. The van der Waals surface area contributed by atoms with E-state index in [2.05, 4.69) is 15.7 Å². The number of thiazole rings is 1. The molecule has 22 heavy (non-hydrogen) atoms. The molecule has 3 nitrogen and oxygen atoms in total. The smallest absolute Gasteiger partial charge is 0.337 e. The summed E-state index contributed by atoms with van der Waals surface area (Å²) in [5.74, 6) is 0.850. The molecule has 0 unspecified atom stereocenters. The van der Waals surface area contributed by atoms with Crippen LogP contribution in [0.1, 0.15) is 0 Å². The number of benzene rings is 2. The molecule has 0 aliphatic rings. The highest BCUT2D eigenvalue weighted by molar-refractivity contribution is 7.13. The Bertz CT molecular complexity index is 746. The molecule has 0 amide bonds. The van der Waals surface area contributed by atoms with E-state index in [1.807, 2.05) is 48.5 Å². The second-order valence-electron chi connectivity index (χ2n) is 4.44. The molecule has 0 spiro atoms.